The van der Waals surface area contributed by atoms with Gasteiger partial charge in [-0.1, -0.05) is 22.0 Å². The van der Waals surface area contributed by atoms with Crippen LogP contribution in [0, 0.1) is 0 Å². The van der Waals surface area contributed by atoms with E-state index in [0.717, 1.165) is 10.0 Å². The van der Waals surface area contributed by atoms with Crippen molar-refractivity contribution in [1.29, 1.82) is 0 Å². The average molecular weight is 459 g/mol. The third-order valence-electron chi connectivity index (χ3n) is 3.40. The maximum absolute atomic E-state index is 11.9. The summed E-state index contributed by atoms with van der Waals surface area (Å²) in [6.45, 7) is -0.142. The van der Waals surface area contributed by atoms with Crippen molar-refractivity contribution in [1.82, 2.24) is 5.43 Å². The zero-order valence-corrected chi connectivity index (χ0v) is 16.9. The third-order valence-corrected chi connectivity index (χ3v) is 4.78. The highest BCUT2D eigenvalue weighted by Crippen LogP contribution is 2.17. The summed E-state index contributed by atoms with van der Waals surface area (Å²) in [5.41, 5.74) is 3.13. The fraction of sp³-hybridized carbons (Fsp3) is 0.0500. The first-order valence-corrected chi connectivity index (χ1v) is 9.83. The van der Waals surface area contributed by atoms with E-state index in [1.54, 1.807) is 48.5 Å². The number of nitrogens with one attached hydrogen (secondary N) is 1. The van der Waals surface area contributed by atoms with Crippen LogP contribution in [-0.4, -0.2) is 24.7 Å². The van der Waals surface area contributed by atoms with Gasteiger partial charge in [0.05, 0.1) is 6.21 Å². The molecule has 3 rings (SSSR count). The molecule has 0 saturated carbocycles. The van der Waals surface area contributed by atoms with Crippen LogP contribution >= 0.6 is 27.3 Å². The van der Waals surface area contributed by atoms with Gasteiger partial charge in [0.2, 0.25) is 0 Å². The van der Waals surface area contributed by atoms with Crippen molar-refractivity contribution >= 4 is 45.4 Å². The number of rotatable bonds is 7. The number of halogens is 1. The SMILES string of the molecule is O=C(COc1ccc(Br)cc1)N/N=C/c1ccc(OC(=O)c2cccs2)cc1. The molecule has 1 amide bonds. The summed E-state index contributed by atoms with van der Waals surface area (Å²) in [7, 11) is 0. The van der Waals surface area contributed by atoms with Crippen molar-refractivity contribution in [2.75, 3.05) is 6.61 Å². The Kier molecular flexibility index (Phi) is 6.94. The molecule has 0 spiro atoms. The summed E-state index contributed by atoms with van der Waals surface area (Å²) in [6.07, 6.45) is 1.49. The lowest BCUT2D eigenvalue weighted by Gasteiger charge is -2.05. The molecule has 0 aliphatic heterocycles. The predicted molar refractivity (Wildman–Crippen MR) is 111 cm³/mol. The third kappa shape index (κ3) is 6.04. The van der Waals surface area contributed by atoms with Gasteiger partial charge in [-0.3, -0.25) is 4.79 Å². The number of amides is 1. The number of ether oxygens (including phenoxy) is 2. The summed E-state index contributed by atoms with van der Waals surface area (Å²) < 4.78 is 11.6. The minimum absolute atomic E-state index is 0.142. The van der Waals surface area contributed by atoms with Gasteiger partial charge in [0.25, 0.3) is 5.91 Å². The van der Waals surface area contributed by atoms with Crippen molar-refractivity contribution in [3.05, 3.63) is 81.0 Å². The van der Waals surface area contributed by atoms with E-state index in [0.29, 0.717) is 16.4 Å². The monoisotopic (exact) mass is 458 g/mol. The van der Waals surface area contributed by atoms with E-state index in [-0.39, 0.29) is 12.5 Å². The summed E-state index contributed by atoms with van der Waals surface area (Å²) in [6, 6.07) is 17.4. The van der Waals surface area contributed by atoms with Crippen LogP contribution in [0.3, 0.4) is 0 Å². The van der Waals surface area contributed by atoms with Crippen molar-refractivity contribution < 1.29 is 19.1 Å². The first-order chi connectivity index (χ1) is 13.6. The Labute approximate surface area is 173 Å². The molecule has 0 fully saturated rings. The maximum Gasteiger partial charge on any atom is 0.353 e. The van der Waals surface area contributed by atoms with Crippen LogP contribution < -0.4 is 14.9 Å². The number of esters is 1. The van der Waals surface area contributed by atoms with Crippen molar-refractivity contribution in [2.45, 2.75) is 0 Å². The molecular weight excluding hydrogens is 444 g/mol. The van der Waals surface area contributed by atoms with E-state index < -0.39 is 5.97 Å². The van der Waals surface area contributed by atoms with Gasteiger partial charge < -0.3 is 9.47 Å². The quantitative estimate of drug-likeness (QED) is 0.248. The highest BCUT2D eigenvalue weighted by Gasteiger charge is 2.09. The van der Waals surface area contributed by atoms with Crippen LogP contribution in [0.25, 0.3) is 0 Å². The zero-order valence-electron chi connectivity index (χ0n) is 14.5. The first-order valence-electron chi connectivity index (χ1n) is 8.16. The largest absolute Gasteiger partial charge is 0.484 e. The number of hydrogen-bond acceptors (Lipinski definition) is 6. The number of hydrazone groups is 1. The standard InChI is InChI=1S/C20H15BrN2O4S/c21-15-5-9-16(10-6-15)26-13-19(24)23-22-12-14-3-7-17(8-4-14)27-20(25)18-2-1-11-28-18/h1-12H,13H2,(H,23,24)/b22-12+. The predicted octanol–water partition coefficient (Wildman–Crippen LogP) is 4.26. The normalized spacial score (nSPS) is 10.6. The van der Waals surface area contributed by atoms with Gasteiger partial charge in [0.15, 0.2) is 6.61 Å². The lowest BCUT2D eigenvalue weighted by molar-refractivity contribution is -0.123. The molecule has 0 saturated heterocycles. The number of thiophene rings is 1. The molecule has 28 heavy (non-hydrogen) atoms. The van der Waals surface area contributed by atoms with Crippen LogP contribution in [-0.2, 0) is 4.79 Å². The second kappa shape index (κ2) is 9.82. The molecule has 0 radical (unpaired) electrons. The molecule has 0 bridgehead atoms. The van der Waals surface area contributed by atoms with E-state index in [1.165, 1.54) is 17.6 Å². The van der Waals surface area contributed by atoms with E-state index in [9.17, 15) is 9.59 Å². The molecule has 6 nitrogen and oxygen atoms in total. The highest BCUT2D eigenvalue weighted by molar-refractivity contribution is 9.10. The molecule has 1 heterocycles. The molecule has 2 aromatic carbocycles. The smallest absolute Gasteiger partial charge is 0.353 e. The number of carbonyl (C=O) groups is 2. The summed E-state index contributed by atoms with van der Waals surface area (Å²) >= 11 is 4.65. The Morgan fingerprint density at radius 2 is 1.75 bits per heavy atom. The highest BCUT2D eigenvalue weighted by atomic mass is 79.9. The van der Waals surface area contributed by atoms with Crippen LogP contribution in [0.4, 0.5) is 0 Å². The van der Waals surface area contributed by atoms with E-state index >= 15 is 0 Å². The van der Waals surface area contributed by atoms with Crippen LogP contribution in [0.5, 0.6) is 11.5 Å². The van der Waals surface area contributed by atoms with E-state index in [4.69, 9.17) is 9.47 Å². The van der Waals surface area contributed by atoms with Crippen LogP contribution in [0.15, 0.2) is 75.6 Å². The fourth-order valence-corrected chi connectivity index (χ4v) is 2.93. The number of carbonyl (C=O) groups excluding carboxylic acids is 2. The molecular formula is C20H15BrN2O4S. The second-order valence-electron chi connectivity index (χ2n) is 5.47. The molecule has 1 aromatic heterocycles. The Morgan fingerprint density at radius 3 is 2.43 bits per heavy atom. The summed E-state index contributed by atoms with van der Waals surface area (Å²) in [5.74, 6) is 0.257. The number of nitrogens with zero attached hydrogens (tertiary/aromatic N) is 1. The molecule has 142 valence electrons. The lowest BCUT2D eigenvalue weighted by Crippen LogP contribution is -2.24. The van der Waals surface area contributed by atoms with Gasteiger partial charge in [0.1, 0.15) is 16.4 Å². The van der Waals surface area contributed by atoms with Gasteiger partial charge in [-0.05, 0) is 65.5 Å². The Morgan fingerprint density at radius 1 is 1.04 bits per heavy atom. The van der Waals surface area contributed by atoms with Crippen molar-refractivity contribution in [3.63, 3.8) is 0 Å². The molecule has 0 aliphatic carbocycles. The molecule has 0 atom stereocenters. The van der Waals surface area contributed by atoms with E-state index in [1.807, 2.05) is 17.5 Å². The lowest BCUT2D eigenvalue weighted by atomic mass is 10.2. The van der Waals surface area contributed by atoms with Gasteiger partial charge >= 0.3 is 5.97 Å². The molecule has 0 aliphatic rings. The second-order valence-corrected chi connectivity index (χ2v) is 7.34. The van der Waals surface area contributed by atoms with Crippen LogP contribution in [0.2, 0.25) is 0 Å². The summed E-state index contributed by atoms with van der Waals surface area (Å²) in [4.78, 5) is 24.2. The van der Waals surface area contributed by atoms with Crippen molar-refractivity contribution in [2.24, 2.45) is 5.10 Å². The zero-order chi connectivity index (χ0) is 19.8. The van der Waals surface area contributed by atoms with Gasteiger partial charge in [0, 0.05) is 4.47 Å². The molecule has 0 unspecified atom stereocenters. The first kappa shape index (κ1) is 19.8. The number of benzene rings is 2. The molecule has 8 heteroatoms. The molecule has 3 aromatic rings. The average Bonchev–Trinajstić information content (AvgIpc) is 3.24. The van der Waals surface area contributed by atoms with Gasteiger partial charge in [-0.2, -0.15) is 5.10 Å². The molecule has 1 N–H and O–H groups in total. The number of hydrogen-bond donors (Lipinski definition) is 1. The van der Waals surface area contributed by atoms with Crippen molar-refractivity contribution in [3.8, 4) is 11.5 Å². The Balaban J connectivity index is 1.44. The maximum atomic E-state index is 11.9. The van der Waals surface area contributed by atoms with Gasteiger partial charge in [-0.25, -0.2) is 10.2 Å². The van der Waals surface area contributed by atoms with E-state index in [2.05, 4.69) is 26.5 Å². The van der Waals surface area contributed by atoms with Crippen LogP contribution in [0.1, 0.15) is 15.2 Å². The summed E-state index contributed by atoms with van der Waals surface area (Å²) in [5, 5.41) is 5.69. The minimum Gasteiger partial charge on any atom is -0.484 e. The fourth-order valence-electron chi connectivity index (χ4n) is 2.06. The topological polar surface area (TPSA) is 77.0 Å². The minimum atomic E-state index is -0.394. The Bertz CT molecular complexity index is 955. The van der Waals surface area contributed by atoms with Gasteiger partial charge in [-0.15, -0.1) is 11.3 Å². The Hall–Kier alpha value is -2.97.